The van der Waals surface area contributed by atoms with E-state index in [9.17, 15) is 4.39 Å². The summed E-state index contributed by atoms with van der Waals surface area (Å²) < 4.78 is 15.1. The molecular weight excluding hydrogens is 315 g/mol. The Labute approximate surface area is 147 Å². The molecule has 5 heteroatoms. The first-order valence-corrected chi connectivity index (χ1v) is 8.49. The molecule has 0 saturated heterocycles. The Hall–Kier alpha value is -2.53. The minimum absolute atomic E-state index is 0.206. The zero-order valence-electron chi connectivity index (χ0n) is 14.6. The lowest BCUT2D eigenvalue weighted by Crippen LogP contribution is -2.22. The Kier molecular flexibility index (Phi) is 5.56. The minimum atomic E-state index is -0.206. The van der Waals surface area contributed by atoms with Gasteiger partial charge in [-0.25, -0.2) is 4.39 Å². The van der Waals surface area contributed by atoms with E-state index >= 15 is 0 Å². The summed E-state index contributed by atoms with van der Waals surface area (Å²) in [5, 5.41) is 4.42. The fraction of sp³-hybridized carbons (Fsp3) is 0.300. The molecule has 0 aliphatic rings. The van der Waals surface area contributed by atoms with E-state index in [-0.39, 0.29) is 5.82 Å². The largest absolute Gasteiger partial charge is 0.290 e. The van der Waals surface area contributed by atoms with Crippen molar-refractivity contribution in [3.05, 3.63) is 83.7 Å². The molecule has 130 valence electrons. The van der Waals surface area contributed by atoms with Gasteiger partial charge in [0.2, 0.25) is 0 Å². The highest BCUT2D eigenvalue weighted by Crippen LogP contribution is 2.15. The lowest BCUT2D eigenvalue weighted by atomic mass is 10.1. The monoisotopic (exact) mass is 338 g/mol. The van der Waals surface area contributed by atoms with Crippen LogP contribution in [-0.2, 0) is 19.6 Å². The number of pyridine rings is 1. The predicted octanol–water partition coefficient (Wildman–Crippen LogP) is 4.20. The third-order valence-electron chi connectivity index (χ3n) is 4.07. The fourth-order valence-electron chi connectivity index (χ4n) is 2.76. The Bertz CT molecular complexity index is 781. The minimum Gasteiger partial charge on any atom is -0.290 e. The normalized spacial score (nSPS) is 11.4. The zero-order valence-corrected chi connectivity index (χ0v) is 14.6. The topological polar surface area (TPSA) is 34.0 Å². The molecular formula is C20H23FN4. The van der Waals surface area contributed by atoms with Crippen LogP contribution in [0.5, 0.6) is 0 Å². The number of nitrogens with zero attached hydrogens (tertiary/aromatic N) is 4. The van der Waals surface area contributed by atoms with Crippen molar-refractivity contribution in [1.82, 2.24) is 19.7 Å². The highest BCUT2D eigenvalue weighted by Gasteiger charge is 2.11. The summed E-state index contributed by atoms with van der Waals surface area (Å²) >= 11 is 0. The summed E-state index contributed by atoms with van der Waals surface area (Å²) in [6, 6.07) is 11.1. The van der Waals surface area contributed by atoms with Gasteiger partial charge < -0.3 is 0 Å². The SMILES string of the molecule is CC(C)n1cc(CN(Cc2ccncc2)Cc2ccc(F)cc2)cn1. The van der Waals surface area contributed by atoms with Crippen molar-refractivity contribution < 1.29 is 4.39 Å². The molecule has 0 bridgehead atoms. The molecule has 0 spiro atoms. The molecule has 0 N–H and O–H groups in total. The van der Waals surface area contributed by atoms with E-state index in [1.165, 1.54) is 23.3 Å². The Morgan fingerprint density at radius 2 is 1.52 bits per heavy atom. The average molecular weight is 338 g/mol. The molecule has 0 aliphatic carbocycles. The van der Waals surface area contributed by atoms with Crippen LogP contribution in [-0.4, -0.2) is 19.7 Å². The van der Waals surface area contributed by atoms with Crippen LogP contribution in [0.4, 0.5) is 4.39 Å². The van der Waals surface area contributed by atoms with Gasteiger partial charge in [0.05, 0.1) is 6.20 Å². The number of benzene rings is 1. The van der Waals surface area contributed by atoms with Crippen LogP contribution < -0.4 is 0 Å². The first kappa shape index (κ1) is 17.3. The van der Waals surface area contributed by atoms with Crippen molar-refractivity contribution in [2.24, 2.45) is 0 Å². The van der Waals surface area contributed by atoms with Gasteiger partial charge in [-0.3, -0.25) is 14.6 Å². The lowest BCUT2D eigenvalue weighted by molar-refractivity contribution is 0.247. The summed E-state index contributed by atoms with van der Waals surface area (Å²) in [7, 11) is 0. The van der Waals surface area contributed by atoms with Crippen molar-refractivity contribution in [1.29, 1.82) is 0 Å². The molecule has 3 rings (SSSR count). The van der Waals surface area contributed by atoms with E-state index in [0.717, 1.165) is 25.2 Å². The predicted molar refractivity (Wildman–Crippen MR) is 96.2 cm³/mol. The van der Waals surface area contributed by atoms with Gasteiger partial charge >= 0.3 is 0 Å². The number of halogens is 1. The van der Waals surface area contributed by atoms with E-state index in [1.54, 1.807) is 0 Å². The van der Waals surface area contributed by atoms with Crippen molar-refractivity contribution in [3.8, 4) is 0 Å². The number of hydrogen-bond donors (Lipinski definition) is 0. The molecule has 3 aromatic rings. The molecule has 0 amide bonds. The van der Waals surface area contributed by atoms with Crippen LogP contribution in [0.1, 0.15) is 36.6 Å². The first-order chi connectivity index (χ1) is 12.1. The van der Waals surface area contributed by atoms with Gasteiger partial charge in [0, 0.05) is 49.8 Å². The van der Waals surface area contributed by atoms with Gasteiger partial charge in [0.25, 0.3) is 0 Å². The maximum absolute atomic E-state index is 13.2. The molecule has 2 aromatic heterocycles. The molecule has 1 aromatic carbocycles. The smallest absolute Gasteiger partial charge is 0.123 e. The van der Waals surface area contributed by atoms with Crippen molar-refractivity contribution >= 4 is 0 Å². The van der Waals surface area contributed by atoms with Gasteiger partial charge in [0.1, 0.15) is 5.82 Å². The quantitative estimate of drug-likeness (QED) is 0.647. The molecule has 0 unspecified atom stereocenters. The number of hydrogen-bond acceptors (Lipinski definition) is 3. The van der Waals surface area contributed by atoms with E-state index in [2.05, 4.69) is 35.0 Å². The Morgan fingerprint density at radius 3 is 2.12 bits per heavy atom. The van der Waals surface area contributed by atoms with Crippen molar-refractivity contribution in [3.63, 3.8) is 0 Å². The summed E-state index contributed by atoms with van der Waals surface area (Å²) in [6.07, 6.45) is 7.63. The van der Waals surface area contributed by atoms with Crippen LogP contribution in [0.15, 0.2) is 61.2 Å². The molecule has 0 saturated carbocycles. The Balaban J connectivity index is 1.76. The van der Waals surface area contributed by atoms with Crippen LogP contribution in [0.2, 0.25) is 0 Å². The average Bonchev–Trinajstić information content (AvgIpc) is 3.07. The summed E-state index contributed by atoms with van der Waals surface area (Å²) in [5.74, 6) is -0.206. The van der Waals surface area contributed by atoms with E-state index in [0.29, 0.717) is 6.04 Å². The maximum Gasteiger partial charge on any atom is 0.123 e. The molecule has 0 radical (unpaired) electrons. The molecule has 0 atom stereocenters. The fourth-order valence-corrected chi connectivity index (χ4v) is 2.76. The standard InChI is InChI=1S/C20H23FN4/c1-16(2)25-15-19(11-23-25)14-24(13-18-7-9-22-10-8-18)12-17-3-5-20(21)6-4-17/h3-11,15-16H,12-14H2,1-2H3. The second-order valence-corrected chi connectivity index (χ2v) is 6.55. The zero-order chi connectivity index (χ0) is 17.6. The molecule has 4 nitrogen and oxygen atoms in total. The molecule has 2 heterocycles. The van der Waals surface area contributed by atoms with Crippen molar-refractivity contribution in [2.45, 2.75) is 39.5 Å². The first-order valence-electron chi connectivity index (χ1n) is 8.49. The van der Waals surface area contributed by atoms with Crippen LogP contribution in [0.25, 0.3) is 0 Å². The highest BCUT2D eigenvalue weighted by atomic mass is 19.1. The van der Waals surface area contributed by atoms with Crippen LogP contribution in [0.3, 0.4) is 0 Å². The second-order valence-electron chi connectivity index (χ2n) is 6.55. The second kappa shape index (κ2) is 8.03. The van der Waals surface area contributed by atoms with E-state index in [4.69, 9.17) is 0 Å². The maximum atomic E-state index is 13.2. The van der Waals surface area contributed by atoms with Gasteiger partial charge in [-0.05, 0) is 49.2 Å². The number of rotatable bonds is 7. The summed E-state index contributed by atoms with van der Waals surface area (Å²) in [6.45, 7) is 6.56. The van der Waals surface area contributed by atoms with Crippen LogP contribution >= 0.6 is 0 Å². The van der Waals surface area contributed by atoms with Gasteiger partial charge in [-0.2, -0.15) is 5.10 Å². The number of aromatic nitrogens is 3. The third-order valence-corrected chi connectivity index (χ3v) is 4.07. The van der Waals surface area contributed by atoms with Crippen LogP contribution in [0, 0.1) is 5.82 Å². The Morgan fingerprint density at radius 1 is 0.920 bits per heavy atom. The molecule has 0 fully saturated rings. The van der Waals surface area contributed by atoms with Gasteiger partial charge in [-0.15, -0.1) is 0 Å². The van der Waals surface area contributed by atoms with E-state index in [1.807, 2.05) is 47.5 Å². The van der Waals surface area contributed by atoms with Crippen molar-refractivity contribution in [2.75, 3.05) is 0 Å². The summed E-state index contributed by atoms with van der Waals surface area (Å²) in [5.41, 5.74) is 3.46. The lowest BCUT2D eigenvalue weighted by Gasteiger charge is -2.22. The summed E-state index contributed by atoms with van der Waals surface area (Å²) in [4.78, 5) is 6.40. The molecule has 25 heavy (non-hydrogen) atoms. The van der Waals surface area contributed by atoms with E-state index < -0.39 is 0 Å². The third kappa shape index (κ3) is 4.97. The highest BCUT2D eigenvalue weighted by molar-refractivity contribution is 5.17. The van der Waals surface area contributed by atoms with Gasteiger partial charge in [-0.1, -0.05) is 12.1 Å². The van der Waals surface area contributed by atoms with Gasteiger partial charge in [0.15, 0.2) is 0 Å². The molecule has 0 aliphatic heterocycles.